The van der Waals surface area contributed by atoms with Crippen molar-refractivity contribution in [2.24, 2.45) is 0 Å². The van der Waals surface area contributed by atoms with E-state index in [1.807, 2.05) is 18.2 Å². The van der Waals surface area contributed by atoms with Gasteiger partial charge in [-0.1, -0.05) is 62.9 Å². The molecule has 0 spiro atoms. The van der Waals surface area contributed by atoms with E-state index in [0.717, 1.165) is 11.0 Å². The fourth-order valence-corrected chi connectivity index (χ4v) is 2.72. The second kappa shape index (κ2) is 5.25. The predicted molar refractivity (Wildman–Crippen MR) is 79.6 cm³/mol. The number of thioether (sulfide) groups is 1. The Bertz CT molecular complexity index is 542. The smallest absolute Gasteiger partial charge is 0.210 e. The zero-order valence-electron chi connectivity index (χ0n) is 11.8. The van der Waals surface area contributed by atoms with Crippen LogP contribution in [0.1, 0.15) is 44.3 Å². The Labute approximate surface area is 118 Å². The van der Waals surface area contributed by atoms with Gasteiger partial charge in [0.25, 0.3) is 0 Å². The van der Waals surface area contributed by atoms with Gasteiger partial charge in [0.15, 0.2) is 5.82 Å². The van der Waals surface area contributed by atoms with Crippen molar-refractivity contribution < 1.29 is 0 Å². The summed E-state index contributed by atoms with van der Waals surface area (Å²) in [6, 6.07) is 10.3. The van der Waals surface area contributed by atoms with Gasteiger partial charge in [0, 0.05) is 10.7 Å². The van der Waals surface area contributed by atoms with Crippen molar-refractivity contribution in [1.82, 2.24) is 14.9 Å². The first-order valence-corrected chi connectivity index (χ1v) is 7.20. The van der Waals surface area contributed by atoms with Crippen LogP contribution in [0.15, 0.2) is 35.5 Å². The highest BCUT2D eigenvalue weighted by atomic mass is 32.2. The number of rotatable bonds is 3. The minimum absolute atomic E-state index is 0.101. The lowest BCUT2D eigenvalue weighted by Crippen LogP contribution is -2.24. The molecule has 0 aliphatic heterocycles. The zero-order chi connectivity index (χ0) is 14.0. The maximum absolute atomic E-state index is 6.09. The van der Waals surface area contributed by atoms with Crippen molar-refractivity contribution >= 4 is 11.8 Å². The predicted octanol–water partition coefficient (Wildman–Crippen LogP) is 3.14. The molecule has 19 heavy (non-hydrogen) atoms. The molecule has 0 bridgehead atoms. The molecule has 1 aromatic carbocycles. The summed E-state index contributed by atoms with van der Waals surface area (Å²) < 4.78 is 1.60. The van der Waals surface area contributed by atoms with E-state index < -0.39 is 0 Å². The van der Waals surface area contributed by atoms with E-state index in [-0.39, 0.29) is 5.41 Å². The normalized spacial score (nSPS) is 13.5. The zero-order valence-corrected chi connectivity index (χ0v) is 12.6. The summed E-state index contributed by atoms with van der Waals surface area (Å²) in [5.41, 5.74) is 1.16. The molecule has 1 unspecified atom stereocenters. The molecule has 0 aliphatic rings. The first-order valence-electron chi connectivity index (χ1n) is 6.32. The van der Waals surface area contributed by atoms with Gasteiger partial charge >= 0.3 is 0 Å². The lowest BCUT2D eigenvalue weighted by Gasteiger charge is -2.17. The van der Waals surface area contributed by atoms with Crippen molar-refractivity contribution in [1.29, 1.82) is 0 Å². The summed E-state index contributed by atoms with van der Waals surface area (Å²) in [5, 5.41) is 9.44. The highest BCUT2D eigenvalue weighted by Gasteiger charge is 2.23. The van der Waals surface area contributed by atoms with E-state index in [4.69, 9.17) is 5.84 Å². The average Bonchev–Trinajstić information content (AvgIpc) is 2.72. The van der Waals surface area contributed by atoms with E-state index in [1.165, 1.54) is 5.56 Å². The van der Waals surface area contributed by atoms with Gasteiger partial charge < -0.3 is 5.84 Å². The number of aromatic nitrogens is 3. The van der Waals surface area contributed by atoms with Crippen LogP contribution < -0.4 is 5.84 Å². The minimum Gasteiger partial charge on any atom is -0.336 e. The van der Waals surface area contributed by atoms with E-state index >= 15 is 0 Å². The van der Waals surface area contributed by atoms with Crippen molar-refractivity contribution in [3.05, 3.63) is 41.7 Å². The molecule has 2 N–H and O–H groups in total. The van der Waals surface area contributed by atoms with Gasteiger partial charge in [-0.3, -0.25) is 0 Å². The molecule has 102 valence electrons. The van der Waals surface area contributed by atoms with Crippen LogP contribution in [0.2, 0.25) is 0 Å². The fraction of sp³-hybridized carbons (Fsp3) is 0.429. The molecule has 0 saturated carbocycles. The van der Waals surface area contributed by atoms with Gasteiger partial charge in [-0.05, 0) is 12.5 Å². The van der Waals surface area contributed by atoms with Crippen LogP contribution in [0.3, 0.4) is 0 Å². The standard InChI is InChI=1S/C14H20N4S/c1-10(11-8-6-5-7-9-11)19-13-17-16-12(18(13)15)14(2,3)4/h5-10H,15H2,1-4H3. The number of nitrogen functional groups attached to an aromatic ring is 1. The molecule has 1 atom stereocenters. The maximum atomic E-state index is 6.09. The summed E-state index contributed by atoms with van der Waals surface area (Å²) in [6.07, 6.45) is 0. The molecule has 0 radical (unpaired) electrons. The van der Waals surface area contributed by atoms with Crippen LogP contribution in [0.4, 0.5) is 0 Å². The molecule has 1 aromatic heterocycles. The maximum Gasteiger partial charge on any atom is 0.210 e. The first-order chi connectivity index (χ1) is 8.89. The average molecular weight is 276 g/mol. The third kappa shape index (κ3) is 3.10. The van der Waals surface area contributed by atoms with Gasteiger partial charge in [0.05, 0.1) is 0 Å². The third-order valence-electron chi connectivity index (χ3n) is 2.89. The molecular formula is C14H20N4S. The van der Waals surface area contributed by atoms with Crippen LogP contribution in [-0.4, -0.2) is 14.9 Å². The van der Waals surface area contributed by atoms with Gasteiger partial charge in [-0.2, -0.15) is 0 Å². The first kappa shape index (κ1) is 13.9. The highest BCUT2D eigenvalue weighted by Crippen LogP contribution is 2.34. The lowest BCUT2D eigenvalue weighted by atomic mass is 9.96. The summed E-state index contributed by atoms with van der Waals surface area (Å²) in [5.74, 6) is 6.89. The van der Waals surface area contributed by atoms with E-state index in [1.54, 1.807) is 16.4 Å². The molecule has 2 aromatic rings. The number of hydrogen-bond acceptors (Lipinski definition) is 4. The van der Waals surface area contributed by atoms with Gasteiger partial charge in [-0.25, -0.2) is 4.68 Å². The molecule has 0 aliphatic carbocycles. The second-order valence-corrected chi connectivity index (χ2v) is 6.90. The number of nitrogens with zero attached hydrogens (tertiary/aromatic N) is 3. The Morgan fingerprint density at radius 2 is 1.79 bits per heavy atom. The lowest BCUT2D eigenvalue weighted by molar-refractivity contribution is 0.523. The highest BCUT2D eigenvalue weighted by molar-refractivity contribution is 7.99. The Balaban J connectivity index is 2.19. The monoisotopic (exact) mass is 276 g/mol. The van der Waals surface area contributed by atoms with E-state index in [2.05, 4.69) is 50.0 Å². The quantitative estimate of drug-likeness (QED) is 0.691. The van der Waals surface area contributed by atoms with E-state index in [9.17, 15) is 0 Å². The Morgan fingerprint density at radius 3 is 2.32 bits per heavy atom. The molecule has 5 heteroatoms. The second-order valence-electron chi connectivity index (χ2n) is 5.60. The third-order valence-corrected chi connectivity index (χ3v) is 4.00. The van der Waals surface area contributed by atoms with Crippen LogP contribution in [0.25, 0.3) is 0 Å². The molecule has 4 nitrogen and oxygen atoms in total. The Kier molecular flexibility index (Phi) is 3.85. The summed E-state index contributed by atoms with van der Waals surface area (Å²) in [7, 11) is 0. The SMILES string of the molecule is CC(Sc1nnc(C(C)(C)C)n1N)c1ccccc1. The number of hydrogen-bond donors (Lipinski definition) is 1. The molecule has 0 fully saturated rings. The van der Waals surface area contributed by atoms with Crippen LogP contribution >= 0.6 is 11.8 Å². The molecular weight excluding hydrogens is 256 g/mol. The van der Waals surface area contributed by atoms with Crippen molar-refractivity contribution in [3.63, 3.8) is 0 Å². The molecule has 0 amide bonds. The minimum atomic E-state index is -0.101. The van der Waals surface area contributed by atoms with Crippen LogP contribution in [-0.2, 0) is 5.41 Å². The van der Waals surface area contributed by atoms with Crippen molar-refractivity contribution in [2.45, 2.75) is 43.5 Å². The Hall–Kier alpha value is -1.49. The van der Waals surface area contributed by atoms with Gasteiger partial charge in [-0.15, -0.1) is 10.2 Å². The fourth-order valence-electron chi connectivity index (χ4n) is 1.82. The number of benzene rings is 1. The number of nitrogens with two attached hydrogens (primary N) is 1. The van der Waals surface area contributed by atoms with Crippen molar-refractivity contribution in [3.8, 4) is 0 Å². The van der Waals surface area contributed by atoms with Gasteiger partial charge in [0.1, 0.15) is 0 Å². The van der Waals surface area contributed by atoms with Crippen LogP contribution in [0, 0.1) is 0 Å². The largest absolute Gasteiger partial charge is 0.336 e. The Morgan fingerprint density at radius 1 is 1.16 bits per heavy atom. The van der Waals surface area contributed by atoms with Gasteiger partial charge in [0.2, 0.25) is 5.16 Å². The summed E-state index contributed by atoms with van der Waals surface area (Å²) in [4.78, 5) is 0. The molecule has 2 rings (SSSR count). The summed E-state index contributed by atoms with van der Waals surface area (Å²) >= 11 is 1.62. The van der Waals surface area contributed by atoms with Crippen molar-refractivity contribution in [2.75, 3.05) is 5.84 Å². The topological polar surface area (TPSA) is 56.7 Å². The molecule has 0 saturated heterocycles. The van der Waals surface area contributed by atoms with Crippen LogP contribution in [0.5, 0.6) is 0 Å². The molecule has 1 heterocycles. The summed E-state index contributed by atoms with van der Waals surface area (Å²) in [6.45, 7) is 8.38. The van der Waals surface area contributed by atoms with E-state index in [0.29, 0.717) is 5.25 Å².